The van der Waals surface area contributed by atoms with Gasteiger partial charge in [0.05, 0.1) is 35.3 Å². The van der Waals surface area contributed by atoms with Crippen LogP contribution >= 0.6 is 0 Å². The molecule has 2 aromatic rings. The summed E-state index contributed by atoms with van der Waals surface area (Å²) in [6, 6.07) is 0. The van der Waals surface area contributed by atoms with E-state index in [2.05, 4.69) is 9.97 Å². The molecule has 0 amide bonds. The Kier molecular flexibility index (Phi) is 1.89. The molecule has 3 heterocycles. The first kappa shape index (κ1) is 10.3. The highest BCUT2D eigenvalue weighted by Crippen LogP contribution is 2.29. The summed E-state index contributed by atoms with van der Waals surface area (Å²) in [5, 5.41) is 0.498. The number of H-pyrrole nitrogens is 2. The van der Waals surface area contributed by atoms with Gasteiger partial charge in [0, 0.05) is 6.20 Å². The second-order valence-electron chi connectivity index (χ2n) is 4.95. The maximum atomic E-state index is 11.7. The number of nitrogens with zero attached hydrogens (tertiary/aromatic N) is 1. The van der Waals surface area contributed by atoms with Gasteiger partial charge in [0.2, 0.25) is 0 Å². The van der Waals surface area contributed by atoms with E-state index in [4.69, 9.17) is 4.74 Å². The molecular weight excluding hydrogens is 222 g/mol. The fourth-order valence-corrected chi connectivity index (χ4v) is 2.32. The summed E-state index contributed by atoms with van der Waals surface area (Å²) >= 11 is 0. The molecule has 0 radical (unpaired) electrons. The molecule has 0 bridgehead atoms. The Balaban J connectivity index is 2.46. The van der Waals surface area contributed by atoms with Gasteiger partial charge in [-0.1, -0.05) is 0 Å². The minimum Gasteiger partial charge on any atom is -0.373 e. The van der Waals surface area contributed by atoms with Crippen molar-refractivity contribution in [1.29, 1.82) is 0 Å². The molecular formula is C11H13N3O3. The molecule has 0 aromatic carbocycles. The van der Waals surface area contributed by atoms with Crippen LogP contribution in [0.5, 0.6) is 0 Å². The number of hydrogen-bond donors (Lipinski definition) is 2. The van der Waals surface area contributed by atoms with Crippen LogP contribution in [0, 0.1) is 0 Å². The fourth-order valence-electron chi connectivity index (χ4n) is 2.32. The van der Waals surface area contributed by atoms with Crippen LogP contribution in [-0.2, 0) is 16.9 Å². The van der Waals surface area contributed by atoms with Crippen LogP contribution < -0.4 is 11.2 Å². The number of aromatic nitrogens is 3. The average Bonchev–Trinajstić information content (AvgIpc) is 2.58. The number of nitrogens with one attached hydrogen (secondary N) is 2. The van der Waals surface area contributed by atoms with E-state index in [1.54, 1.807) is 6.20 Å². The molecule has 2 N–H and O–H groups in total. The molecule has 3 rings (SSSR count). The molecule has 1 aliphatic rings. The van der Waals surface area contributed by atoms with Crippen molar-refractivity contribution in [3.63, 3.8) is 0 Å². The lowest BCUT2D eigenvalue weighted by atomic mass is 10.1. The van der Waals surface area contributed by atoms with E-state index >= 15 is 0 Å². The van der Waals surface area contributed by atoms with Gasteiger partial charge in [-0.3, -0.25) is 9.78 Å². The van der Waals surface area contributed by atoms with Crippen molar-refractivity contribution in [2.45, 2.75) is 26.0 Å². The Morgan fingerprint density at radius 1 is 1.35 bits per heavy atom. The maximum Gasteiger partial charge on any atom is 0.326 e. The molecule has 0 saturated carbocycles. The summed E-state index contributed by atoms with van der Waals surface area (Å²) in [6.45, 7) is 5.05. The monoisotopic (exact) mass is 235 g/mol. The first-order valence-electron chi connectivity index (χ1n) is 5.44. The third-order valence-corrected chi connectivity index (χ3v) is 3.16. The molecule has 0 aliphatic carbocycles. The van der Waals surface area contributed by atoms with E-state index in [9.17, 15) is 9.59 Å². The second-order valence-corrected chi connectivity index (χ2v) is 4.95. The van der Waals surface area contributed by atoms with Gasteiger partial charge in [-0.05, 0) is 13.8 Å². The van der Waals surface area contributed by atoms with Crippen LogP contribution in [0.3, 0.4) is 0 Å². The van der Waals surface area contributed by atoms with E-state index in [1.165, 1.54) is 0 Å². The van der Waals surface area contributed by atoms with Gasteiger partial charge in [-0.25, -0.2) is 4.79 Å². The maximum absolute atomic E-state index is 11.7. The smallest absolute Gasteiger partial charge is 0.326 e. The number of aromatic amines is 2. The normalized spacial score (nSPS) is 18.2. The molecule has 0 saturated heterocycles. The zero-order chi connectivity index (χ0) is 12.2. The summed E-state index contributed by atoms with van der Waals surface area (Å²) < 4.78 is 7.51. The highest BCUT2D eigenvalue weighted by Gasteiger charge is 2.29. The highest BCUT2D eigenvalue weighted by atomic mass is 16.5. The number of ether oxygens (including phenoxy) is 1. The summed E-state index contributed by atoms with van der Waals surface area (Å²) in [4.78, 5) is 27.9. The van der Waals surface area contributed by atoms with Crippen LogP contribution in [0.2, 0.25) is 0 Å². The molecule has 0 unspecified atom stereocenters. The number of rotatable bonds is 0. The lowest BCUT2D eigenvalue weighted by Gasteiger charge is -2.33. The Morgan fingerprint density at radius 3 is 2.88 bits per heavy atom. The van der Waals surface area contributed by atoms with Crippen molar-refractivity contribution in [2.75, 3.05) is 6.61 Å². The van der Waals surface area contributed by atoms with Gasteiger partial charge < -0.3 is 14.3 Å². The predicted octanol–water partition coefficient (Wildman–Crippen LogP) is 0.283. The summed E-state index contributed by atoms with van der Waals surface area (Å²) in [6.07, 6.45) is 1.78. The van der Waals surface area contributed by atoms with E-state index < -0.39 is 5.69 Å². The van der Waals surface area contributed by atoms with Crippen molar-refractivity contribution >= 4 is 10.9 Å². The van der Waals surface area contributed by atoms with Crippen LogP contribution in [0.1, 0.15) is 19.5 Å². The van der Waals surface area contributed by atoms with Crippen LogP contribution in [-0.4, -0.2) is 21.1 Å². The van der Waals surface area contributed by atoms with Crippen molar-refractivity contribution in [3.05, 3.63) is 32.7 Å². The molecule has 17 heavy (non-hydrogen) atoms. The summed E-state index contributed by atoms with van der Waals surface area (Å²) in [7, 11) is 0. The third-order valence-electron chi connectivity index (χ3n) is 3.16. The molecule has 0 atom stereocenters. The standard InChI is InChI=1S/C11H13N3O3/c1-11(2)5-17-4-7-8-6(3-14(7)11)9(15)13-10(16)12-8/h3H,4-5H2,1-2H3,(H2,12,13,15,16). The van der Waals surface area contributed by atoms with Gasteiger partial charge in [0.15, 0.2) is 0 Å². The van der Waals surface area contributed by atoms with Crippen molar-refractivity contribution in [1.82, 2.24) is 14.5 Å². The van der Waals surface area contributed by atoms with E-state index in [-0.39, 0.29) is 11.1 Å². The largest absolute Gasteiger partial charge is 0.373 e. The molecule has 0 fully saturated rings. The Hall–Kier alpha value is -1.82. The van der Waals surface area contributed by atoms with Crippen molar-refractivity contribution in [2.24, 2.45) is 0 Å². The summed E-state index contributed by atoms with van der Waals surface area (Å²) in [5.41, 5.74) is 0.364. The predicted molar refractivity (Wildman–Crippen MR) is 62.2 cm³/mol. The van der Waals surface area contributed by atoms with E-state index in [1.807, 2.05) is 18.4 Å². The van der Waals surface area contributed by atoms with Crippen LogP contribution in [0.15, 0.2) is 15.8 Å². The van der Waals surface area contributed by atoms with Crippen molar-refractivity contribution < 1.29 is 4.74 Å². The number of hydrogen-bond acceptors (Lipinski definition) is 3. The second kappa shape index (κ2) is 3.10. The first-order chi connectivity index (χ1) is 7.99. The minimum atomic E-state index is -0.486. The average molecular weight is 235 g/mol. The topological polar surface area (TPSA) is 79.9 Å². The Bertz CT molecular complexity index is 705. The van der Waals surface area contributed by atoms with Crippen LogP contribution in [0.25, 0.3) is 10.9 Å². The lowest BCUT2D eigenvalue weighted by molar-refractivity contribution is 0.0220. The van der Waals surface area contributed by atoms with Gasteiger partial charge >= 0.3 is 5.69 Å². The molecule has 0 spiro atoms. The van der Waals surface area contributed by atoms with Crippen molar-refractivity contribution in [3.8, 4) is 0 Å². The van der Waals surface area contributed by atoms with Gasteiger partial charge in [0.1, 0.15) is 0 Å². The summed E-state index contributed by atoms with van der Waals surface area (Å²) in [5.74, 6) is 0. The molecule has 2 aromatic heterocycles. The quantitative estimate of drug-likeness (QED) is 0.688. The zero-order valence-corrected chi connectivity index (χ0v) is 9.66. The molecule has 6 heteroatoms. The Labute approximate surface area is 96.2 Å². The van der Waals surface area contributed by atoms with E-state index in [0.29, 0.717) is 24.1 Å². The highest BCUT2D eigenvalue weighted by molar-refractivity contribution is 5.80. The van der Waals surface area contributed by atoms with Gasteiger partial charge in [-0.15, -0.1) is 0 Å². The fraction of sp³-hybridized carbons (Fsp3) is 0.455. The first-order valence-corrected chi connectivity index (χ1v) is 5.44. The molecule has 6 nitrogen and oxygen atoms in total. The molecule has 90 valence electrons. The van der Waals surface area contributed by atoms with Gasteiger partial charge in [-0.2, -0.15) is 0 Å². The van der Waals surface area contributed by atoms with E-state index in [0.717, 1.165) is 5.69 Å². The minimum absolute atomic E-state index is 0.212. The van der Waals surface area contributed by atoms with Crippen LogP contribution in [0.4, 0.5) is 0 Å². The van der Waals surface area contributed by atoms with Gasteiger partial charge in [0.25, 0.3) is 5.56 Å². The Morgan fingerprint density at radius 2 is 2.12 bits per heavy atom. The SMILES string of the molecule is CC1(C)COCc2c3[nH]c(=O)[nH]c(=O)c3cn21. The zero-order valence-electron chi connectivity index (χ0n) is 9.66. The third kappa shape index (κ3) is 1.37. The lowest BCUT2D eigenvalue weighted by Crippen LogP contribution is -2.36. The molecule has 1 aliphatic heterocycles. The number of fused-ring (bicyclic) bond motifs is 3.